The van der Waals surface area contributed by atoms with Crippen LogP contribution >= 0.6 is 11.6 Å². The first kappa shape index (κ1) is 13.6. The van der Waals surface area contributed by atoms with E-state index in [1.807, 2.05) is 6.07 Å². The average molecular weight is 268 g/mol. The first-order valence-electron chi connectivity index (χ1n) is 6.67. The Morgan fingerprint density at radius 3 is 2.67 bits per heavy atom. The van der Waals surface area contributed by atoms with Crippen LogP contribution in [0.1, 0.15) is 38.3 Å². The Balaban J connectivity index is 1.98. The van der Waals surface area contributed by atoms with Gasteiger partial charge >= 0.3 is 0 Å². The van der Waals surface area contributed by atoms with E-state index in [0.717, 1.165) is 18.2 Å². The summed E-state index contributed by atoms with van der Waals surface area (Å²) >= 11 is 6.16. The molecule has 1 aromatic heterocycles. The summed E-state index contributed by atoms with van der Waals surface area (Å²) in [5, 5.41) is 0.709. The molecule has 0 saturated heterocycles. The second-order valence-corrected chi connectivity index (χ2v) is 5.90. The van der Waals surface area contributed by atoms with Crippen LogP contribution in [0.4, 0.5) is 5.82 Å². The van der Waals surface area contributed by atoms with Crippen LogP contribution in [-0.2, 0) is 6.54 Å². The number of hydrogen-bond acceptors (Lipinski definition) is 3. The molecule has 2 N–H and O–H groups in total. The normalized spacial score (nSPS) is 24.4. The van der Waals surface area contributed by atoms with E-state index in [1.165, 1.54) is 25.7 Å². The minimum absolute atomic E-state index is 0.542. The molecular formula is C14H22ClN3. The Hall–Kier alpha value is -0.800. The number of nitrogen functional groups attached to an aromatic ring is 1. The average Bonchev–Trinajstić information content (AvgIpc) is 2.34. The molecule has 0 spiro atoms. The van der Waals surface area contributed by atoms with Crippen LogP contribution in [0.5, 0.6) is 0 Å². The van der Waals surface area contributed by atoms with Crippen molar-refractivity contribution < 1.29 is 0 Å². The number of aromatic nitrogens is 1. The Morgan fingerprint density at radius 2 is 2.00 bits per heavy atom. The largest absolute Gasteiger partial charge is 0.384 e. The molecule has 1 fully saturated rings. The van der Waals surface area contributed by atoms with E-state index in [9.17, 15) is 0 Å². The van der Waals surface area contributed by atoms with Gasteiger partial charge in [-0.05, 0) is 50.8 Å². The van der Waals surface area contributed by atoms with E-state index in [4.69, 9.17) is 17.3 Å². The minimum Gasteiger partial charge on any atom is -0.384 e. The predicted octanol–water partition coefficient (Wildman–Crippen LogP) is 3.33. The molecule has 2 rings (SSSR count). The molecule has 3 nitrogen and oxygen atoms in total. The number of nitrogens with zero attached hydrogens (tertiary/aromatic N) is 2. The molecule has 0 aliphatic heterocycles. The van der Waals surface area contributed by atoms with Crippen molar-refractivity contribution in [3.05, 3.63) is 22.8 Å². The lowest BCUT2D eigenvalue weighted by atomic mass is 9.87. The van der Waals surface area contributed by atoms with Crippen LogP contribution in [-0.4, -0.2) is 23.0 Å². The maximum atomic E-state index is 6.16. The van der Waals surface area contributed by atoms with Crippen LogP contribution in [0, 0.1) is 5.92 Å². The standard InChI is InChI=1S/C14H22ClN3/c1-10-3-5-11(6-4-10)18(2)9-13-12(15)7-8-14(16)17-13/h7-8,10-11H,3-6,9H2,1-2H3,(H2,16,17). The predicted molar refractivity (Wildman–Crippen MR) is 76.5 cm³/mol. The van der Waals surface area contributed by atoms with Gasteiger partial charge in [0.2, 0.25) is 0 Å². The van der Waals surface area contributed by atoms with Crippen molar-refractivity contribution >= 4 is 17.4 Å². The van der Waals surface area contributed by atoms with Crippen molar-refractivity contribution in [2.45, 2.75) is 45.2 Å². The maximum absolute atomic E-state index is 6.16. The van der Waals surface area contributed by atoms with E-state index in [1.54, 1.807) is 6.07 Å². The molecule has 1 aromatic rings. The molecule has 0 bridgehead atoms. The fraction of sp³-hybridized carbons (Fsp3) is 0.643. The maximum Gasteiger partial charge on any atom is 0.123 e. The van der Waals surface area contributed by atoms with Crippen molar-refractivity contribution in [2.24, 2.45) is 5.92 Å². The monoisotopic (exact) mass is 267 g/mol. The summed E-state index contributed by atoms with van der Waals surface area (Å²) in [6, 6.07) is 4.23. The Kier molecular flexibility index (Phi) is 4.46. The van der Waals surface area contributed by atoms with Gasteiger partial charge in [0.15, 0.2) is 0 Å². The molecule has 0 unspecified atom stereocenters. The van der Waals surface area contributed by atoms with Crippen molar-refractivity contribution in [3.8, 4) is 0 Å². The van der Waals surface area contributed by atoms with Gasteiger partial charge in [-0.2, -0.15) is 0 Å². The highest BCUT2D eigenvalue weighted by Crippen LogP contribution is 2.27. The fourth-order valence-electron chi connectivity index (χ4n) is 2.66. The van der Waals surface area contributed by atoms with E-state index < -0.39 is 0 Å². The van der Waals surface area contributed by atoms with Crippen molar-refractivity contribution in [2.75, 3.05) is 12.8 Å². The first-order valence-corrected chi connectivity index (χ1v) is 7.05. The lowest BCUT2D eigenvalue weighted by Crippen LogP contribution is -2.34. The summed E-state index contributed by atoms with van der Waals surface area (Å²) in [6.45, 7) is 3.12. The van der Waals surface area contributed by atoms with Gasteiger partial charge in [0, 0.05) is 12.6 Å². The Morgan fingerprint density at radius 1 is 1.33 bits per heavy atom. The van der Waals surface area contributed by atoms with Crippen molar-refractivity contribution in [3.63, 3.8) is 0 Å². The van der Waals surface area contributed by atoms with E-state index >= 15 is 0 Å². The highest BCUT2D eigenvalue weighted by atomic mass is 35.5. The lowest BCUT2D eigenvalue weighted by molar-refractivity contribution is 0.162. The molecular weight excluding hydrogens is 246 g/mol. The number of nitrogens with two attached hydrogens (primary N) is 1. The number of hydrogen-bond donors (Lipinski definition) is 1. The van der Waals surface area contributed by atoms with Gasteiger partial charge in [0.1, 0.15) is 5.82 Å². The second-order valence-electron chi connectivity index (χ2n) is 5.49. The number of rotatable bonds is 3. The molecule has 1 saturated carbocycles. The molecule has 0 aromatic carbocycles. The van der Waals surface area contributed by atoms with E-state index in [-0.39, 0.29) is 0 Å². The molecule has 18 heavy (non-hydrogen) atoms. The molecule has 0 amide bonds. The van der Waals surface area contributed by atoms with Gasteiger partial charge in [0.05, 0.1) is 10.7 Å². The smallest absolute Gasteiger partial charge is 0.123 e. The minimum atomic E-state index is 0.542. The zero-order valence-electron chi connectivity index (χ0n) is 11.2. The summed E-state index contributed by atoms with van der Waals surface area (Å²) in [7, 11) is 2.15. The van der Waals surface area contributed by atoms with Crippen LogP contribution in [0.25, 0.3) is 0 Å². The molecule has 1 aliphatic rings. The summed E-state index contributed by atoms with van der Waals surface area (Å²) in [5.41, 5.74) is 6.60. The van der Waals surface area contributed by atoms with E-state index in [2.05, 4.69) is 23.9 Å². The van der Waals surface area contributed by atoms with Gasteiger partial charge in [-0.3, -0.25) is 4.90 Å². The van der Waals surface area contributed by atoms with E-state index in [0.29, 0.717) is 16.9 Å². The summed E-state index contributed by atoms with van der Waals surface area (Å²) in [5.74, 6) is 1.42. The fourth-order valence-corrected chi connectivity index (χ4v) is 2.83. The molecule has 1 heterocycles. The molecule has 4 heteroatoms. The topological polar surface area (TPSA) is 42.2 Å². The first-order chi connectivity index (χ1) is 8.56. The molecule has 1 aliphatic carbocycles. The summed E-state index contributed by atoms with van der Waals surface area (Å²) < 4.78 is 0. The highest BCUT2D eigenvalue weighted by molar-refractivity contribution is 6.31. The Labute approximate surface area is 114 Å². The second kappa shape index (κ2) is 5.89. The molecule has 0 atom stereocenters. The third-order valence-electron chi connectivity index (χ3n) is 3.95. The summed E-state index contributed by atoms with van der Waals surface area (Å²) in [6.07, 6.45) is 5.20. The van der Waals surface area contributed by atoms with Crippen LogP contribution in [0.15, 0.2) is 12.1 Å². The van der Waals surface area contributed by atoms with Crippen molar-refractivity contribution in [1.29, 1.82) is 0 Å². The number of anilines is 1. The number of pyridine rings is 1. The zero-order valence-corrected chi connectivity index (χ0v) is 12.0. The lowest BCUT2D eigenvalue weighted by Gasteiger charge is -2.33. The summed E-state index contributed by atoms with van der Waals surface area (Å²) in [4.78, 5) is 6.69. The van der Waals surface area contributed by atoms with Crippen LogP contribution in [0.2, 0.25) is 5.02 Å². The zero-order chi connectivity index (χ0) is 13.1. The quantitative estimate of drug-likeness (QED) is 0.913. The van der Waals surface area contributed by atoms with Gasteiger partial charge in [-0.15, -0.1) is 0 Å². The molecule has 0 radical (unpaired) electrons. The van der Waals surface area contributed by atoms with Gasteiger partial charge < -0.3 is 5.73 Å². The van der Waals surface area contributed by atoms with Gasteiger partial charge in [0.25, 0.3) is 0 Å². The third kappa shape index (κ3) is 3.36. The van der Waals surface area contributed by atoms with Crippen LogP contribution in [0.3, 0.4) is 0 Å². The Bertz CT molecular complexity index is 400. The van der Waals surface area contributed by atoms with Gasteiger partial charge in [-0.25, -0.2) is 4.98 Å². The van der Waals surface area contributed by atoms with Crippen molar-refractivity contribution in [1.82, 2.24) is 9.88 Å². The third-order valence-corrected chi connectivity index (χ3v) is 4.29. The van der Waals surface area contributed by atoms with Crippen LogP contribution < -0.4 is 5.73 Å². The molecule has 100 valence electrons. The highest BCUT2D eigenvalue weighted by Gasteiger charge is 2.22. The number of halogens is 1. The SMILES string of the molecule is CC1CCC(N(C)Cc2nc(N)ccc2Cl)CC1. The van der Waals surface area contributed by atoms with Gasteiger partial charge in [-0.1, -0.05) is 18.5 Å².